The average molecular weight is 929 g/mol. The van der Waals surface area contributed by atoms with Gasteiger partial charge in [0.15, 0.2) is 25.0 Å². The number of benzene rings is 1. The quantitative estimate of drug-likeness (QED) is 0.0876. The van der Waals surface area contributed by atoms with Crippen molar-refractivity contribution in [3.63, 3.8) is 0 Å². The number of carbonyl (C=O) groups is 2. The van der Waals surface area contributed by atoms with Crippen LogP contribution in [-0.2, 0) is 29.3 Å². The maximum absolute atomic E-state index is 15.5. The summed E-state index contributed by atoms with van der Waals surface area (Å²) in [7, 11) is -6.91. The van der Waals surface area contributed by atoms with Gasteiger partial charge in [0, 0.05) is 16.7 Å². The van der Waals surface area contributed by atoms with Gasteiger partial charge in [0.2, 0.25) is 0 Å². The lowest BCUT2D eigenvalue weighted by Gasteiger charge is -2.47. The first-order valence-electron chi connectivity index (χ1n) is 23.1. The molecule has 0 spiro atoms. The minimum Gasteiger partial charge on any atom is -0.481 e. The first-order valence-corrected chi connectivity index (χ1v) is 32.7. The summed E-state index contributed by atoms with van der Waals surface area (Å²) >= 11 is 1.67. The van der Waals surface area contributed by atoms with E-state index in [4.69, 9.17) is 18.3 Å². The SMILES string of the molecule is C/C(=C/C[C@H](O[Si](C)(C)C(C)(C)C)/C(C)=C/c1csc(C)n1)CCC[C@H](C)[C@@H](O[Si](C)(C)C(C)(C)C)[C@H](Cc1ccccc1)C(=O)C(C)(C)[C@H](CC(=O)O)O[Si](C)(C)C(C)(C)C. The van der Waals surface area contributed by atoms with Gasteiger partial charge in [-0.05, 0) is 130 Å². The van der Waals surface area contributed by atoms with E-state index in [0.29, 0.717) is 6.42 Å². The molecule has 2 aromatic rings. The number of carboxylic acids is 1. The Balaban J connectivity index is 2.56. The minimum atomic E-state index is -2.45. The van der Waals surface area contributed by atoms with Crippen molar-refractivity contribution in [1.29, 1.82) is 0 Å². The zero-order valence-electron chi connectivity index (χ0n) is 43.1. The van der Waals surface area contributed by atoms with Gasteiger partial charge < -0.3 is 18.4 Å². The van der Waals surface area contributed by atoms with Crippen molar-refractivity contribution >= 4 is 54.1 Å². The summed E-state index contributed by atoms with van der Waals surface area (Å²) in [4.78, 5) is 32.7. The first kappa shape index (κ1) is 56.1. The highest BCUT2D eigenvalue weighted by Gasteiger charge is 2.51. The van der Waals surface area contributed by atoms with Crippen LogP contribution < -0.4 is 0 Å². The second-order valence-electron chi connectivity index (χ2n) is 23.4. The predicted octanol–water partition coefficient (Wildman–Crippen LogP) is 15.1. The van der Waals surface area contributed by atoms with Crippen LogP contribution in [0, 0.1) is 24.2 Å². The third-order valence-corrected chi connectivity index (χ3v) is 28.8. The van der Waals surface area contributed by atoms with E-state index in [1.165, 1.54) is 11.1 Å². The molecule has 0 aliphatic heterocycles. The highest BCUT2D eigenvalue weighted by Crippen LogP contribution is 2.45. The summed E-state index contributed by atoms with van der Waals surface area (Å²) in [5.41, 5.74) is 3.50. The highest BCUT2D eigenvalue weighted by molar-refractivity contribution is 7.09. The third kappa shape index (κ3) is 16.2. The van der Waals surface area contributed by atoms with E-state index >= 15 is 4.79 Å². The van der Waals surface area contributed by atoms with E-state index in [1.807, 2.05) is 39.0 Å². The Morgan fingerprint density at radius 3 is 1.81 bits per heavy atom. The minimum absolute atomic E-state index is 0.0157. The number of hydrogen-bond acceptors (Lipinski definition) is 7. The van der Waals surface area contributed by atoms with Gasteiger partial charge in [-0.1, -0.05) is 125 Å². The summed E-state index contributed by atoms with van der Waals surface area (Å²) < 4.78 is 21.4. The van der Waals surface area contributed by atoms with Gasteiger partial charge in [-0.2, -0.15) is 0 Å². The summed E-state index contributed by atoms with van der Waals surface area (Å²) in [5, 5.41) is 13.2. The van der Waals surface area contributed by atoms with Crippen molar-refractivity contribution in [2.24, 2.45) is 17.3 Å². The van der Waals surface area contributed by atoms with Gasteiger partial charge in [-0.15, -0.1) is 11.3 Å². The molecule has 1 N–H and O–H groups in total. The number of rotatable bonds is 23. The van der Waals surface area contributed by atoms with Crippen molar-refractivity contribution in [2.75, 3.05) is 0 Å². The second-order valence-corrected chi connectivity index (χ2v) is 38.7. The molecule has 0 saturated heterocycles. The first-order chi connectivity index (χ1) is 28.0. The Bertz CT molecular complexity index is 1810. The van der Waals surface area contributed by atoms with E-state index in [-0.39, 0.29) is 45.4 Å². The Morgan fingerprint density at radius 1 is 0.806 bits per heavy atom. The fraction of sp³-hybridized carbons (Fsp3) is 0.706. The van der Waals surface area contributed by atoms with Crippen LogP contribution in [0.4, 0.5) is 0 Å². The lowest BCUT2D eigenvalue weighted by Crippen LogP contribution is -2.55. The summed E-state index contributed by atoms with van der Waals surface area (Å²) in [6.45, 7) is 46.1. The number of aliphatic carboxylic acids is 1. The van der Waals surface area contributed by atoms with Crippen molar-refractivity contribution < 1.29 is 28.0 Å². The van der Waals surface area contributed by atoms with Crippen molar-refractivity contribution in [3.05, 3.63) is 69.2 Å². The maximum Gasteiger partial charge on any atom is 0.305 e. The predicted molar refractivity (Wildman–Crippen MR) is 273 cm³/mol. The topological polar surface area (TPSA) is 95.0 Å². The van der Waals surface area contributed by atoms with Crippen molar-refractivity contribution in [3.8, 4) is 0 Å². The van der Waals surface area contributed by atoms with Crippen LogP contribution in [0.15, 0.2) is 52.9 Å². The molecule has 352 valence electrons. The van der Waals surface area contributed by atoms with Gasteiger partial charge in [0.05, 0.1) is 35.4 Å². The van der Waals surface area contributed by atoms with E-state index in [2.05, 4.69) is 152 Å². The molecule has 11 heteroatoms. The zero-order valence-corrected chi connectivity index (χ0v) is 46.9. The smallest absolute Gasteiger partial charge is 0.305 e. The van der Waals surface area contributed by atoms with Crippen LogP contribution in [-0.4, -0.2) is 65.1 Å². The zero-order chi connectivity index (χ0) is 47.9. The lowest BCUT2D eigenvalue weighted by atomic mass is 9.70. The van der Waals surface area contributed by atoms with Gasteiger partial charge in [-0.3, -0.25) is 9.59 Å². The van der Waals surface area contributed by atoms with E-state index in [9.17, 15) is 9.90 Å². The third-order valence-electron chi connectivity index (χ3n) is 14.5. The van der Waals surface area contributed by atoms with E-state index in [0.717, 1.165) is 41.9 Å². The number of aromatic nitrogens is 1. The Labute approximate surface area is 386 Å². The molecule has 5 atom stereocenters. The van der Waals surface area contributed by atoms with Crippen LogP contribution in [0.25, 0.3) is 6.08 Å². The van der Waals surface area contributed by atoms with Crippen LogP contribution in [0.2, 0.25) is 54.4 Å². The molecule has 1 heterocycles. The molecule has 0 amide bonds. The molecule has 0 radical (unpaired) electrons. The van der Waals surface area contributed by atoms with Crippen molar-refractivity contribution in [1.82, 2.24) is 4.98 Å². The van der Waals surface area contributed by atoms with E-state index < -0.39 is 48.4 Å². The molecule has 1 aromatic carbocycles. The molecule has 0 bridgehead atoms. The lowest BCUT2D eigenvalue weighted by molar-refractivity contribution is -0.146. The number of Topliss-reactive ketones (excluding diaryl/α,β-unsaturated/α-hetero) is 1. The molecule has 0 unspecified atom stereocenters. The van der Waals surface area contributed by atoms with Gasteiger partial charge in [0.25, 0.3) is 0 Å². The number of aryl methyl sites for hydroxylation is 1. The fourth-order valence-electron chi connectivity index (χ4n) is 7.02. The molecular formula is C51H89NO6SSi3. The van der Waals surface area contributed by atoms with Crippen molar-refractivity contribution in [2.45, 2.75) is 215 Å². The second kappa shape index (κ2) is 22.0. The summed E-state index contributed by atoms with van der Waals surface area (Å²) in [6, 6.07) is 10.2. The van der Waals surface area contributed by atoms with Crippen LogP contribution in [0.3, 0.4) is 0 Å². The Morgan fingerprint density at radius 2 is 1.32 bits per heavy atom. The van der Waals surface area contributed by atoms with Crippen LogP contribution >= 0.6 is 11.3 Å². The number of allylic oxidation sites excluding steroid dienone is 1. The normalized spacial score (nSPS) is 16.8. The molecule has 0 saturated carbocycles. The number of hydrogen-bond donors (Lipinski definition) is 1. The molecule has 0 aliphatic rings. The summed E-state index contributed by atoms with van der Waals surface area (Å²) in [5.74, 6) is -1.39. The van der Waals surface area contributed by atoms with Gasteiger partial charge in [-0.25, -0.2) is 4.98 Å². The van der Waals surface area contributed by atoms with Gasteiger partial charge >= 0.3 is 5.97 Å². The number of carbonyl (C=O) groups excluding carboxylic acids is 1. The van der Waals surface area contributed by atoms with Gasteiger partial charge in [0.1, 0.15) is 5.78 Å². The summed E-state index contributed by atoms with van der Waals surface area (Å²) in [6.07, 6.45) is 7.21. The number of ketones is 1. The number of nitrogens with zero attached hydrogens (tertiary/aromatic N) is 1. The van der Waals surface area contributed by atoms with E-state index in [1.54, 1.807) is 11.3 Å². The average Bonchev–Trinajstić information content (AvgIpc) is 3.53. The highest BCUT2D eigenvalue weighted by atomic mass is 32.1. The Kier molecular flexibility index (Phi) is 19.9. The molecule has 7 nitrogen and oxygen atoms in total. The molecule has 0 aliphatic carbocycles. The molecule has 0 fully saturated rings. The monoisotopic (exact) mass is 928 g/mol. The Hall–Kier alpha value is -2.00. The van der Waals surface area contributed by atoms with Crippen LogP contribution in [0.1, 0.15) is 145 Å². The molecule has 1 aromatic heterocycles. The van der Waals surface area contributed by atoms with Crippen LogP contribution in [0.5, 0.6) is 0 Å². The molecule has 62 heavy (non-hydrogen) atoms. The number of thiazole rings is 1. The molecular weight excluding hydrogens is 839 g/mol. The fourth-order valence-corrected chi connectivity index (χ4v) is 11.8. The number of carboxylic acid groups (broad SMARTS) is 1. The maximum atomic E-state index is 15.5. The standard InChI is InChI=1S/C51H89NO6SSi3/c1-36(30-31-43(56-60(16,17)48(5,6)7)38(3)32-41-35-59-39(4)52-41)26-25-27-37(2)46(58-62(20,21)50(11,12)13)42(33-40-28-23-22-24-29-40)47(55)51(14,15)44(34-45(53)54)57-61(18,19)49(8,9)10/h22-24,28-30,32,35,37,42-44,46H,25-27,31,33-34H2,1-21H3,(H,53,54)/b36-30-,38-32+/t37-,42-,43-,44-,46+/m0/s1. The molecule has 2 rings (SSSR count). The largest absolute Gasteiger partial charge is 0.481 e.